The predicted octanol–water partition coefficient (Wildman–Crippen LogP) is 5.12. The van der Waals surface area contributed by atoms with E-state index < -0.39 is 0 Å². The SMILES string of the molecule is CCC=CCC1C(=O)CCC1CCc1cccc2cccnc12. The van der Waals surface area contributed by atoms with Crippen LogP contribution in [0, 0.1) is 11.8 Å². The molecule has 0 bridgehead atoms. The van der Waals surface area contributed by atoms with Gasteiger partial charge in [-0.25, -0.2) is 0 Å². The molecule has 0 saturated heterocycles. The van der Waals surface area contributed by atoms with Gasteiger partial charge in [0.15, 0.2) is 0 Å². The number of Topliss-reactive ketones (excluding diaryl/α,β-unsaturated/α-hetero) is 1. The number of benzene rings is 1. The van der Waals surface area contributed by atoms with Gasteiger partial charge >= 0.3 is 0 Å². The van der Waals surface area contributed by atoms with E-state index in [2.05, 4.69) is 48.3 Å². The Balaban J connectivity index is 1.69. The highest BCUT2D eigenvalue weighted by Gasteiger charge is 2.33. The van der Waals surface area contributed by atoms with Crippen molar-refractivity contribution in [3.05, 3.63) is 54.2 Å². The molecule has 1 aromatic carbocycles. The van der Waals surface area contributed by atoms with Crippen LogP contribution >= 0.6 is 0 Å². The number of fused-ring (bicyclic) bond motifs is 1. The molecule has 1 heterocycles. The van der Waals surface area contributed by atoms with E-state index in [9.17, 15) is 4.79 Å². The number of pyridine rings is 1. The van der Waals surface area contributed by atoms with Crippen LogP contribution in [0.1, 0.15) is 44.6 Å². The van der Waals surface area contributed by atoms with E-state index in [1.807, 2.05) is 12.3 Å². The number of aryl methyl sites for hydroxylation is 1. The molecule has 0 spiro atoms. The monoisotopic (exact) mass is 307 g/mol. The Morgan fingerprint density at radius 3 is 2.96 bits per heavy atom. The summed E-state index contributed by atoms with van der Waals surface area (Å²) in [5.74, 6) is 1.23. The number of carbonyl (C=O) groups excluding carboxylic acids is 1. The van der Waals surface area contributed by atoms with E-state index in [1.165, 1.54) is 10.9 Å². The number of hydrogen-bond acceptors (Lipinski definition) is 2. The fourth-order valence-electron chi connectivity index (χ4n) is 3.77. The molecule has 2 nitrogen and oxygen atoms in total. The first kappa shape index (κ1) is 15.9. The summed E-state index contributed by atoms with van der Waals surface area (Å²) in [5, 5.41) is 1.20. The van der Waals surface area contributed by atoms with Crippen LogP contribution in [0.25, 0.3) is 10.9 Å². The molecular formula is C21H25NO. The van der Waals surface area contributed by atoms with Crippen LogP contribution < -0.4 is 0 Å². The lowest BCUT2D eigenvalue weighted by molar-refractivity contribution is -0.121. The Hall–Kier alpha value is -1.96. The van der Waals surface area contributed by atoms with Crippen molar-refractivity contribution in [2.24, 2.45) is 11.8 Å². The quantitative estimate of drug-likeness (QED) is 0.693. The highest BCUT2D eigenvalue weighted by Crippen LogP contribution is 2.35. The maximum atomic E-state index is 12.2. The van der Waals surface area contributed by atoms with Crippen LogP contribution in [-0.2, 0) is 11.2 Å². The molecule has 1 aromatic heterocycles. The second-order valence-corrected chi connectivity index (χ2v) is 6.52. The van der Waals surface area contributed by atoms with Gasteiger partial charge in [-0.05, 0) is 49.7 Å². The van der Waals surface area contributed by atoms with Crippen LogP contribution in [0.4, 0.5) is 0 Å². The van der Waals surface area contributed by atoms with Gasteiger partial charge in [0, 0.05) is 23.9 Å². The zero-order chi connectivity index (χ0) is 16.1. The largest absolute Gasteiger partial charge is 0.299 e. The molecule has 1 aliphatic rings. The first-order chi connectivity index (χ1) is 11.3. The first-order valence-electron chi connectivity index (χ1n) is 8.80. The van der Waals surface area contributed by atoms with Gasteiger partial charge in [0.2, 0.25) is 0 Å². The first-order valence-corrected chi connectivity index (χ1v) is 8.80. The molecule has 0 amide bonds. The van der Waals surface area contributed by atoms with Crippen molar-refractivity contribution in [2.75, 3.05) is 0 Å². The minimum Gasteiger partial charge on any atom is -0.299 e. The molecule has 23 heavy (non-hydrogen) atoms. The zero-order valence-electron chi connectivity index (χ0n) is 13.9. The average Bonchev–Trinajstić information content (AvgIpc) is 2.93. The van der Waals surface area contributed by atoms with Gasteiger partial charge < -0.3 is 0 Å². The summed E-state index contributed by atoms with van der Waals surface area (Å²) in [6, 6.07) is 10.5. The summed E-state index contributed by atoms with van der Waals surface area (Å²) < 4.78 is 0. The van der Waals surface area contributed by atoms with E-state index in [0.717, 1.165) is 44.0 Å². The predicted molar refractivity (Wildman–Crippen MR) is 95.3 cm³/mol. The van der Waals surface area contributed by atoms with Crippen LogP contribution in [0.2, 0.25) is 0 Å². The number of allylic oxidation sites excluding steroid dienone is 2. The van der Waals surface area contributed by atoms with E-state index >= 15 is 0 Å². The lowest BCUT2D eigenvalue weighted by Crippen LogP contribution is -2.14. The van der Waals surface area contributed by atoms with Gasteiger partial charge in [0.25, 0.3) is 0 Å². The molecule has 1 fully saturated rings. The van der Waals surface area contributed by atoms with E-state index in [1.54, 1.807) is 0 Å². The normalized spacial score (nSPS) is 21.5. The minimum absolute atomic E-state index is 0.237. The Bertz CT molecular complexity index is 699. The Morgan fingerprint density at radius 1 is 1.22 bits per heavy atom. The van der Waals surface area contributed by atoms with Gasteiger partial charge in [0.05, 0.1) is 5.52 Å². The molecular weight excluding hydrogens is 282 g/mol. The van der Waals surface area contributed by atoms with Crippen LogP contribution in [0.5, 0.6) is 0 Å². The molecule has 0 aliphatic heterocycles. The zero-order valence-corrected chi connectivity index (χ0v) is 13.9. The Kier molecular flexibility index (Phi) is 5.22. The van der Waals surface area contributed by atoms with Gasteiger partial charge in [-0.2, -0.15) is 0 Å². The lowest BCUT2D eigenvalue weighted by Gasteiger charge is -2.17. The van der Waals surface area contributed by atoms with Crippen molar-refractivity contribution in [3.63, 3.8) is 0 Å². The van der Waals surface area contributed by atoms with Gasteiger partial charge in [-0.15, -0.1) is 0 Å². The van der Waals surface area contributed by atoms with Crippen LogP contribution in [-0.4, -0.2) is 10.8 Å². The third-order valence-corrected chi connectivity index (χ3v) is 5.04. The van der Waals surface area contributed by atoms with Crippen molar-refractivity contribution >= 4 is 16.7 Å². The molecule has 2 heteroatoms. The Labute approximate surface area is 138 Å². The van der Waals surface area contributed by atoms with Gasteiger partial charge in [-0.1, -0.05) is 43.3 Å². The summed E-state index contributed by atoms with van der Waals surface area (Å²) in [4.78, 5) is 16.7. The third-order valence-electron chi connectivity index (χ3n) is 5.04. The van der Waals surface area contributed by atoms with Crippen LogP contribution in [0.15, 0.2) is 48.7 Å². The van der Waals surface area contributed by atoms with Gasteiger partial charge in [0.1, 0.15) is 5.78 Å². The fourth-order valence-corrected chi connectivity index (χ4v) is 3.77. The number of rotatable bonds is 6. The van der Waals surface area contributed by atoms with Crippen molar-refractivity contribution in [1.29, 1.82) is 0 Å². The summed E-state index contributed by atoms with van der Waals surface area (Å²) in [7, 11) is 0. The average molecular weight is 307 g/mol. The Morgan fingerprint density at radius 2 is 2.09 bits per heavy atom. The van der Waals surface area contributed by atoms with Gasteiger partial charge in [-0.3, -0.25) is 9.78 Å². The number of nitrogens with zero attached hydrogens (tertiary/aromatic N) is 1. The van der Waals surface area contributed by atoms with E-state index in [-0.39, 0.29) is 5.92 Å². The lowest BCUT2D eigenvalue weighted by atomic mass is 9.87. The topological polar surface area (TPSA) is 30.0 Å². The number of para-hydroxylation sites is 1. The van der Waals surface area contributed by atoms with Crippen molar-refractivity contribution in [3.8, 4) is 0 Å². The highest BCUT2D eigenvalue weighted by atomic mass is 16.1. The maximum Gasteiger partial charge on any atom is 0.136 e. The fraction of sp³-hybridized carbons (Fsp3) is 0.429. The third kappa shape index (κ3) is 3.69. The number of carbonyl (C=O) groups is 1. The van der Waals surface area contributed by atoms with Crippen molar-refractivity contribution in [2.45, 2.75) is 45.4 Å². The molecule has 2 atom stereocenters. The molecule has 0 N–H and O–H groups in total. The second-order valence-electron chi connectivity index (χ2n) is 6.52. The van der Waals surface area contributed by atoms with E-state index in [4.69, 9.17) is 0 Å². The molecule has 2 aromatic rings. The molecule has 3 rings (SSSR count). The van der Waals surface area contributed by atoms with Crippen molar-refractivity contribution in [1.82, 2.24) is 4.98 Å². The van der Waals surface area contributed by atoms with Crippen molar-refractivity contribution < 1.29 is 4.79 Å². The summed E-state index contributed by atoms with van der Waals surface area (Å²) in [5.41, 5.74) is 2.42. The summed E-state index contributed by atoms with van der Waals surface area (Å²) in [6.07, 6.45) is 12.1. The molecule has 2 unspecified atom stereocenters. The molecule has 1 saturated carbocycles. The summed E-state index contributed by atoms with van der Waals surface area (Å²) >= 11 is 0. The van der Waals surface area contributed by atoms with E-state index in [0.29, 0.717) is 11.7 Å². The molecule has 1 aliphatic carbocycles. The molecule has 0 radical (unpaired) electrons. The maximum absolute atomic E-state index is 12.2. The minimum atomic E-state index is 0.237. The standard InChI is InChI=1S/C21H25NO/c1-2-3-4-10-19-16(13-14-20(19)23)11-12-18-8-5-7-17-9-6-15-22-21(17)18/h3-9,15-16,19H,2,10-14H2,1H3. The second kappa shape index (κ2) is 7.54. The molecule has 120 valence electrons. The summed E-state index contributed by atoms with van der Waals surface area (Å²) in [6.45, 7) is 2.14. The smallest absolute Gasteiger partial charge is 0.136 e. The highest BCUT2D eigenvalue weighted by molar-refractivity contribution is 5.83. The number of aromatic nitrogens is 1. The van der Waals surface area contributed by atoms with Crippen LogP contribution in [0.3, 0.4) is 0 Å². The number of ketones is 1. The number of hydrogen-bond donors (Lipinski definition) is 0.